The Morgan fingerprint density at radius 2 is 2.17 bits per heavy atom. The summed E-state index contributed by atoms with van der Waals surface area (Å²) in [6.45, 7) is 1.98. The van der Waals surface area contributed by atoms with Gasteiger partial charge in [0.15, 0.2) is 10.8 Å². The highest BCUT2D eigenvalue weighted by atomic mass is 35.5. The highest BCUT2D eigenvalue weighted by molar-refractivity contribution is 6.30. The van der Waals surface area contributed by atoms with Gasteiger partial charge in [-0.3, -0.25) is 0 Å². The van der Waals surface area contributed by atoms with E-state index < -0.39 is 0 Å². The molecule has 0 fully saturated rings. The number of rotatable bonds is 2. The average Bonchev–Trinajstić information content (AvgIpc) is 2.64. The Morgan fingerprint density at radius 3 is 2.72 bits per heavy atom. The molecule has 2 rings (SSSR count). The fourth-order valence-corrected chi connectivity index (χ4v) is 2.07. The zero-order chi connectivity index (χ0) is 13.3. The van der Waals surface area contributed by atoms with Gasteiger partial charge >= 0.3 is 0 Å². The van der Waals surface area contributed by atoms with Crippen molar-refractivity contribution in [1.82, 2.24) is 9.55 Å². The summed E-state index contributed by atoms with van der Waals surface area (Å²) in [6.07, 6.45) is 0. The smallest absolute Gasteiger partial charge is 0.166 e. The number of aromatic nitrogens is 2. The highest BCUT2D eigenvalue weighted by Crippen LogP contribution is 2.32. The van der Waals surface area contributed by atoms with E-state index in [0.29, 0.717) is 17.3 Å². The predicted molar refractivity (Wildman–Crippen MR) is 69.7 cm³/mol. The van der Waals surface area contributed by atoms with E-state index in [9.17, 15) is 0 Å². The van der Waals surface area contributed by atoms with Crippen molar-refractivity contribution in [2.75, 3.05) is 7.11 Å². The Hall–Kier alpha value is -1.99. The predicted octanol–water partition coefficient (Wildman–Crippen LogP) is 2.93. The van der Waals surface area contributed by atoms with Gasteiger partial charge in [0.1, 0.15) is 17.6 Å². The first-order valence-electron chi connectivity index (χ1n) is 5.35. The number of nitrogens with zero attached hydrogens (tertiary/aromatic N) is 3. The van der Waals surface area contributed by atoms with Crippen molar-refractivity contribution in [1.29, 1.82) is 5.26 Å². The molecular formula is C13H12ClN3O. The number of ether oxygens (including phenoxy) is 1. The van der Waals surface area contributed by atoms with Gasteiger partial charge in [0, 0.05) is 7.05 Å². The number of hydrogen-bond acceptors (Lipinski definition) is 3. The molecule has 0 saturated heterocycles. The molecule has 0 saturated carbocycles. The van der Waals surface area contributed by atoms with Gasteiger partial charge in [0.05, 0.1) is 12.7 Å². The summed E-state index contributed by atoms with van der Waals surface area (Å²) in [5, 5.41) is 9.22. The maximum Gasteiger partial charge on any atom is 0.166 e. The van der Waals surface area contributed by atoms with Gasteiger partial charge in [-0.1, -0.05) is 23.2 Å². The average molecular weight is 262 g/mol. The number of hydrogen-bond donors (Lipinski definition) is 0. The number of aryl methyl sites for hydroxylation is 1. The van der Waals surface area contributed by atoms with Crippen molar-refractivity contribution in [3.05, 3.63) is 34.6 Å². The lowest BCUT2D eigenvalue weighted by atomic mass is 10.1. The van der Waals surface area contributed by atoms with Gasteiger partial charge in [0.25, 0.3) is 0 Å². The third-order valence-corrected chi connectivity index (χ3v) is 3.02. The fraction of sp³-hybridized carbons (Fsp3) is 0.231. The molecular weight excluding hydrogens is 250 g/mol. The van der Waals surface area contributed by atoms with Crippen LogP contribution in [0.4, 0.5) is 0 Å². The molecule has 1 aromatic carbocycles. The van der Waals surface area contributed by atoms with Gasteiger partial charge < -0.3 is 9.30 Å². The monoisotopic (exact) mass is 261 g/mol. The minimum Gasteiger partial charge on any atom is -0.496 e. The lowest BCUT2D eigenvalue weighted by Crippen LogP contribution is -1.98. The van der Waals surface area contributed by atoms with Crippen LogP contribution >= 0.6 is 11.6 Å². The van der Waals surface area contributed by atoms with Crippen LogP contribution in [0.2, 0.25) is 5.15 Å². The van der Waals surface area contributed by atoms with Gasteiger partial charge in [0.2, 0.25) is 0 Å². The quantitative estimate of drug-likeness (QED) is 0.835. The summed E-state index contributed by atoms with van der Waals surface area (Å²) in [4.78, 5) is 4.23. The first kappa shape index (κ1) is 12.5. The van der Waals surface area contributed by atoms with Crippen molar-refractivity contribution >= 4 is 11.6 Å². The Labute approximate surface area is 110 Å². The first-order chi connectivity index (χ1) is 8.58. The van der Waals surface area contributed by atoms with Gasteiger partial charge in [-0.15, -0.1) is 0 Å². The first-order valence-corrected chi connectivity index (χ1v) is 5.73. The van der Waals surface area contributed by atoms with E-state index in [2.05, 4.69) is 4.98 Å². The van der Waals surface area contributed by atoms with Crippen molar-refractivity contribution in [3.63, 3.8) is 0 Å². The standard InChI is InChI=1S/C13H12ClN3O/c1-8-4-5-11(18-3)9(6-8)13-16-12(14)10(7-15)17(13)2/h4-6H,1-3H3. The van der Waals surface area contributed by atoms with Gasteiger partial charge in [-0.25, -0.2) is 4.98 Å². The van der Waals surface area contributed by atoms with Crippen LogP contribution in [0.15, 0.2) is 18.2 Å². The number of halogens is 1. The Morgan fingerprint density at radius 1 is 1.44 bits per heavy atom. The minimum absolute atomic E-state index is 0.207. The van der Waals surface area contributed by atoms with E-state index in [1.54, 1.807) is 18.7 Å². The molecule has 2 aromatic rings. The Balaban J connectivity index is 2.70. The van der Waals surface area contributed by atoms with E-state index in [-0.39, 0.29) is 5.15 Å². The van der Waals surface area contributed by atoms with Crippen LogP contribution in [-0.2, 0) is 7.05 Å². The molecule has 18 heavy (non-hydrogen) atoms. The Kier molecular flexibility index (Phi) is 3.26. The third kappa shape index (κ3) is 1.93. The van der Waals surface area contributed by atoms with E-state index in [0.717, 1.165) is 11.1 Å². The van der Waals surface area contributed by atoms with Gasteiger partial charge in [-0.2, -0.15) is 5.26 Å². The molecule has 0 aliphatic heterocycles. The molecule has 0 amide bonds. The topological polar surface area (TPSA) is 50.8 Å². The number of benzene rings is 1. The summed E-state index contributed by atoms with van der Waals surface area (Å²) in [5.41, 5.74) is 2.25. The van der Waals surface area contributed by atoms with E-state index >= 15 is 0 Å². The number of nitriles is 1. The second-order valence-electron chi connectivity index (χ2n) is 3.95. The van der Waals surface area contributed by atoms with Crippen molar-refractivity contribution in [3.8, 4) is 23.2 Å². The van der Waals surface area contributed by atoms with Crippen LogP contribution in [0.3, 0.4) is 0 Å². The molecule has 0 spiro atoms. The molecule has 0 radical (unpaired) electrons. The third-order valence-electron chi connectivity index (χ3n) is 2.75. The van der Waals surface area contributed by atoms with E-state index in [4.69, 9.17) is 21.6 Å². The summed E-state index contributed by atoms with van der Waals surface area (Å²) in [5.74, 6) is 1.33. The lowest BCUT2D eigenvalue weighted by molar-refractivity contribution is 0.416. The summed E-state index contributed by atoms with van der Waals surface area (Å²) < 4.78 is 6.98. The summed E-state index contributed by atoms with van der Waals surface area (Å²) in [6, 6.07) is 7.82. The van der Waals surface area contributed by atoms with E-state index in [1.165, 1.54) is 0 Å². The SMILES string of the molecule is COc1ccc(C)cc1-c1nc(Cl)c(C#N)n1C. The molecule has 0 atom stereocenters. The molecule has 0 bridgehead atoms. The fourth-order valence-electron chi connectivity index (χ4n) is 1.82. The molecule has 1 aromatic heterocycles. The van der Waals surface area contributed by atoms with Crippen LogP contribution in [0.5, 0.6) is 5.75 Å². The van der Waals surface area contributed by atoms with Crippen LogP contribution < -0.4 is 4.74 Å². The van der Waals surface area contributed by atoms with E-state index in [1.807, 2.05) is 31.2 Å². The molecule has 4 nitrogen and oxygen atoms in total. The Bertz CT molecular complexity index is 640. The molecule has 0 N–H and O–H groups in total. The summed E-state index contributed by atoms with van der Waals surface area (Å²) >= 11 is 5.94. The molecule has 0 unspecified atom stereocenters. The van der Waals surface area contributed by atoms with Crippen LogP contribution in [0.25, 0.3) is 11.4 Å². The van der Waals surface area contributed by atoms with Gasteiger partial charge in [-0.05, 0) is 19.1 Å². The largest absolute Gasteiger partial charge is 0.496 e. The lowest BCUT2D eigenvalue weighted by Gasteiger charge is -2.09. The highest BCUT2D eigenvalue weighted by Gasteiger charge is 2.17. The molecule has 5 heteroatoms. The maximum absolute atomic E-state index is 9.01. The molecule has 0 aliphatic rings. The van der Waals surface area contributed by atoms with Crippen LogP contribution in [-0.4, -0.2) is 16.7 Å². The number of imidazole rings is 1. The normalized spacial score (nSPS) is 10.2. The zero-order valence-electron chi connectivity index (χ0n) is 10.4. The molecule has 92 valence electrons. The maximum atomic E-state index is 9.01. The minimum atomic E-state index is 0.207. The molecule has 0 aliphatic carbocycles. The van der Waals surface area contributed by atoms with Crippen LogP contribution in [0.1, 0.15) is 11.3 Å². The van der Waals surface area contributed by atoms with Crippen LogP contribution in [0, 0.1) is 18.3 Å². The van der Waals surface area contributed by atoms with Crippen molar-refractivity contribution in [2.45, 2.75) is 6.92 Å². The van der Waals surface area contributed by atoms with Crippen molar-refractivity contribution in [2.24, 2.45) is 7.05 Å². The molecule has 1 heterocycles. The van der Waals surface area contributed by atoms with Crippen molar-refractivity contribution < 1.29 is 4.74 Å². The second-order valence-corrected chi connectivity index (χ2v) is 4.31. The number of methoxy groups -OCH3 is 1. The second kappa shape index (κ2) is 4.71. The summed E-state index contributed by atoms with van der Waals surface area (Å²) in [7, 11) is 3.36. The zero-order valence-corrected chi connectivity index (χ0v) is 11.1.